The minimum Gasteiger partial charge on any atom is -0.506 e. The Morgan fingerprint density at radius 2 is 1.63 bits per heavy atom. The van der Waals surface area contributed by atoms with E-state index in [9.17, 15) is 24.6 Å². The van der Waals surface area contributed by atoms with Gasteiger partial charge in [0.15, 0.2) is 0 Å². The van der Waals surface area contributed by atoms with Gasteiger partial charge in [-0.25, -0.2) is 4.79 Å². The number of rotatable bonds is 12. The zero-order chi connectivity index (χ0) is 35.7. The smallest absolute Gasteiger partial charge is 0.411 e. The molecule has 0 unspecified atom stereocenters. The van der Waals surface area contributed by atoms with E-state index in [1.165, 1.54) is 12.1 Å². The Bertz CT molecular complexity index is 2010. The normalized spacial score (nSPS) is 14.9. The number of fused-ring (bicyclic) bond motifs is 1. The number of nitrogens with zero attached hydrogens (tertiary/aromatic N) is 1. The van der Waals surface area contributed by atoms with Crippen LogP contribution in [-0.4, -0.2) is 64.4 Å². The summed E-state index contributed by atoms with van der Waals surface area (Å²) in [4.78, 5) is 42.0. The first-order valence-electron chi connectivity index (χ1n) is 17.2. The van der Waals surface area contributed by atoms with Crippen LogP contribution >= 0.6 is 0 Å². The summed E-state index contributed by atoms with van der Waals surface area (Å²) in [7, 11) is 0. The average molecular weight is 690 g/mol. The maximum Gasteiger partial charge on any atom is 0.411 e. The van der Waals surface area contributed by atoms with E-state index in [0.717, 1.165) is 29.8 Å². The quantitative estimate of drug-likeness (QED) is 0.0889. The van der Waals surface area contributed by atoms with E-state index in [0.29, 0.717) is 53.6 Å². The van der Waals surface area contributed by atoms with Crippen LogP contribution in [0.25, 0.3) is 22.0 Å². The van der Waals surface area contributed by atoms with Gasteiger partial charge >= 0.3 is 6.09 Å². The van der Waals surface area contributed by atoms with E-state index < -0.39 is 12.2 Å². The number of likely N-dealkylation sites (tertiary alicyclic amines) is 1. The van der Waals surface area contributed by atoms with Gasteiger partial charge in [0.25, 0.3) is 0 Å². The molecule has 11 nitrogen and oxygen atoms in total. The molecular weight excluding hydrogens is 646 g/mol. The second-order valence-corrected chi connectivity index (χ2v) is 12.8. The van der Waals surface area contributed by atoms with Crippen molar-refractivity contribution in [1.29, 1.82) is 0 Å². The van der Waals surface area contributed by atoms with Crippen molar-refractivity contribution >= 4 is 34.3 Å². The predicted molar refractivity (Wildman–Crippen MR) is 199 cm³/mol. The van der Waals surface area contributed by atoms with Gasteiger partial charge in [-0.2, -0.15) is 0 Å². The summed E-state index contributed by atoms with van der Waals surface area (Å²) in [6.45, 7) is 4.32. The molecule has 0 saturated carbocycles. The van der Waals surface area contributed by atoms with Crippen molar-refractivity contribution < 1.29 is 24.5 Å². The molecule has 6 rings (SSSR count). The highest BCUT2D eigenvalue weighted by Gasteiger charge is 2.23. The molecule has 1 aliphatic heterocycles. The lowest BCUT2D eigenvalue weighted by atomic mass is 10.0. The van der Waals surface area contributed by atoms with Gasteiger partial charge < -0.3 is 35.5 Å². The molecule has 0 bridgehead atoms. The Hall–Kier alpha value is -5.49. The van der Waals surface area contributed by atoms with Gasteiger partial charge in [-0.3, -0.25) is 14.9 Å². The lowest BCUT2D eigenvalue weighted by Crippen LogP contribution is -2.39. The Kier molecular flexibility index (Phi) is 11.4. The maximum absolute atomic E-state index is 12.7. The summed E-state index contributed by atoms with van der Waals surface area (Å²) in [6, 6.07) is 31.1. The fourth-order valence-electron chi connectivity index (χ4n) is 6.41. The number of aliphatic hydroxyl groups excluding tert-OH is 1. The van der Waals surface area contributed by atoms with Crippen LogP contribution in [0.15, 0.2) is 108 Å². The summed E-state index contributed by atoms with van der Waals surface area (Å²) < 4.78 is 5.74. The van der Waals surface area contributed by atoms with Crippen molar-refractivity contribution in [2.24, 2.45) is 0 Å². The predicted octanol–water partition coefficient (Wildman–Crippen LogP) is 6.33. The zero-order valence-electron chi connectivity index (χ0n) is 28.5. The first-order valence-corrected chi connectivity index (χ1v) is 17.2. The van der Waals surface area contributed by atoms with Gasteiger partial charge in [0, 0.05) is 61.3 Å². The second kappa shape index (κ2) is 16.5. The molecule has 5 aromatic rings. The Morgan fingerprint density at radius 1 is 0.902 bits per heavy atom. The van der Waals surface area contributed by atoms with Crippen LogP contribution in [0.2, 0.25) is 0 Å². The number of ether oxygens (including phenoxy) is 1. The van der Waals surface area contributed by atoms with Crippen LogP contribution in [0.1, 0.15) is 49.5 Å². The number of aromatic nitrogens is 1. The number of benzene rings is 4. The van der Waals surface area contributed by atoms with Crippen molar-refractivity contribution in [3.05, 3.63) is 125 Å². The Labute approximate surface area is 296 Å². The van der Waals surface area contributed by atoms with Crippen LogP contribution in [0.3, 0.4) is 0 Å². The van der Waals surface area contributed by atoms with E-state index in [2.05, 4.69) is 25.8 Å². The SMILES string of the molecule is C[C@@H](NC[C@H](O)c1ccc(O)c2[nH]c(=O)ccc12)c1ccc(NC(=O)CCN2CCC(OC(=O)Nc3ccccc3-c3ccccc3)CC2)cc1. The molecule has 2 heterocycles. The largest absolute Gasteiger partial charge is 0.506 e. The van der Waals surface area contributed by atoms with E-state index in [4.69, 9.17) is 4.74 Å². The summed E-state index contributed by atoms with van der Waals surface area (Å²) in [5, 5.41) is 30.8. The highest BCUT2D eigenvalue weighted by atomic mass is 16.6. The molecule has 6 N–H and O–H groups in total. The van der Waals surface area contributed by atoms with E-state index >= 15 is 0 Å². The lowest BCUT2D eigenvalue weighted by Gasteiger charge is -2.31. The van der Waals surface area contributed by atoms with Gasteiger partial charge in [-0.15, -0.1) is 0 Å². The van der Waals surface area contributed by atoms with Crippen LogP contribution in [0.4, 0.5) is 16.2 Å². The summed E-state index contributed by atoms with van der Waals surface area (Å²) in [5.41, 5.74) is 4.90. The van der Waals surface area contributed by atoms with Crippen LogP contribution in [0, 0.1) is 0 Å². The number of pyridine rings is 1. The maximum atomic E-state index is 12.7. The molecule has 0 radical (unpaired) electrons. The summed E-state index contributed by atoms with van der Waals surface area (Å²) in [6.07, 6.45) is 0.231. The van der Waals surface area contributed by atoms with Crippen LogP contribution in [0.5, 0.6) is 5.75 Å². The highest BCUT2D eigenvalue weighted by Crippen LogP contribution is 2.30. The third kappa shape index (κ3) is 9.20. The van der Waals surface area contributed by atoms with E-state index in [1.807, 2.05) is 85.8 Å². The molecule has 11 heteroatoms. The van der Waals surface area contributed by atoms with E-state index in [1.54, 1.807) is 12.1 Å². The fraction of sp³-hybridized carbons (Fsp3) is 0.275. The topological polar surface area (TPSA) is 156 Å². The number of nitrogens with one attached hydrogen (secondary N) is 4. The monoisotopic (exact) mass is 689 g/mol. The van der Waals surface area contributed by atoms with Crippen molar-refractivity contribution in [3.63, 3.8) is 0 Å². The first kappa shape index (κ1) is 35.3. The highest BCUT2D eigenvalue weighted by molar-refractivity contribution is 5.92. The number of para-hydroxylation sites is 1. The minimum absolute atomic E-state index is 0.0532. The van der Waals surface area contributed by atoms with Gasteiger partial charge in [0.2, 0.25) is 11.5 Å². The van der Waals surface area contributed by atoms with Crippen molar-refractivity contribution in [3.8, 4) is 16.9 Å². The lowest BCUT2D eigenvalue weighted by molar-refractivity contribution is -0.116. The number of anilines is 2. The number of aromatic amines is 1. The number of H-pyrrole nitrogens is 1. The van der Waals surface area contributed by atoms with Crippen molar-refractivity contribution in [2.45, 2.75) is 44.4 Å². The molecule has 2 amide bonds. The van der Waals surface area contributed by atoms with E-state index in [-0.39, 0.29) is 35.9 Å². The number of carbonyl (C=O) groups excluding carboxylic acids is 2. The van der Waals surface area contributed by atoms with Gasteiger partial charge in [-0.05, 0) is 66.8 Å². The van der Waals surface area contributed by atoms with Gasteiger partial charge in [0.05, 0.1) is 17.3 Å². The Balaban J connectivity index is 0.903. The first-order chi connectivity index (χ1) is 24.7. The zero-order valence-corrected chi connectivity index (χ0v) is 28.5. The summed E-state index contributed by atoms with van der Waals surface area (Å²) in [5.74, 6) is -0.128. The standard InChI is InChI=1S/C40H43N5O6/c1-26(41-25-36(47)32-15-17-35(46)39-33(32)16-18-37(48)44-39)27-11-13-29(14-12-27)42-38(49)21-24-45-22-19-30(20-23-45)51-40(50)43-34-10-6-5-9-31(34)28-7-3-2-4-8-28/h2-18,26,30,36,41,46-47H,19-25H2,1H3,(H,42,49)(H,43,50)(H,44,48)/t26-,36+/m1/s1. The molecular formula is C40H43N5O6. The van der Waals surface area contributed by atoms with Crippen molar-refractivity contribution in [1.82, 2.24) is 15.2 Å². The third-order valence-electron chi connectivity index (χ3n) is 9.29. The number of aromatic hydroxyl groups is 1. The van der Waals surface area contributed by atoms with Gasteiger partial charge in [0.1, 0.15) is 11.9 Å². The number of carbonyl (C=O) groups is 2. The second-order valence-electron chi connectivity index (χ2n) is 12.8. The molecule has 0 spiro atoms. The molecule has 1 saturated heterocycles. The molecule has 264 valence electrons. The molecule has 1 fully saturated rings. The number of amides is 2. The van der Waals surface area contributed by atoms with Crippen LogP contribution in [-0.2, 0) is 9.53 Å². The third-order valence-corrected chi connectivity index (χ3v) is 9.29. The molecule has 4 aromatic carbocycles. The molecule has 51 heavy (non-hydrogen) atoms. The molecule has 2 atom stereocenters. The van der Waals surface area contributed by atoms with Crippen molar-refractivity contribution in [2.75, 3.05) is 36.8 Å². The molecule has 1 aromatic heterocycles. The van der Waals surface area contributed by atoms with Crippen LogP contribution < -0.4 is 21.5 Å². The molecule has 1 aliphatic rings. The number of piperidine rings is 1. The number of aliphatic hydroxyl groups is 1. The minimum atomic E-state index is -0.869. The van der Waals surface area contributed by atoms with Gasteiger partial charge in [-0.1, -0.05) is 66.7 Å². The number of hydrogen-bond donors (Lipinski definition) is 6. The fourth-order valence-corrected chi connectivity index (χ4v) is 6.41. The number of phenolic OH excluding ortho intramolecular Hbond substituents is 1. The number of hydrogen-bond acceptors (Lipinski definition) is 8. The number of phenols is 1. The average Bonchev–Trinajstić information content (AvgIpc) is 3.14. The molecule has 0 aliphatic carbocycles. The Morgan fingerprint density at radius 3 is 2.39 bits per heavy atom. The summed E-state index contributed by atoms with van der Waals surface area (Å²) >= 11 is 0.